The standard InChI is InChI=1S/C22H27N5O5/c1-32-21(31)17-6-2-3-7-18(17)25-19(28)14-16(20(29)30)15-26-10-5-11-27(13-12-26)22-23-8-4-9-24-22/h2-4,6-9,16H,5,10-15H2,1H3,(H,25,28)(H,29,30)/t16-/m0/s1. The van der Waals surface area contributed by atoms with Crippen molar-refractivity contribution in [1.29, 1.82) is 0 Å². The second-order valence-electron chi connectivity index (χ2n) is 7.51. The molecular formula is C22H27N5O5. The van der Waals surface area contributed by atoms with E-state index in [2.05, 4.69) is 25.1 Å². The first-order valence-electron chi connectivity index (χ1n) is 10.4. The number of anilines is 2. The first kappa shape index (κ1) is 23.1. The van der Waals surface area contributed by atoms with Crippen molar-refractivity contribution in [3.8, 4) is 0 Å². The van der Waals surface area contributed by atoms with Crippen LogP contribution in [0.3, 0.4) is 0 Å². The van der Waals surface area contributed by atoms with E-state index in [1.54, 1.807) is 36.7 Å². The molecule has 10 heteroatoms. The van der Waals surface area contributed by atoms with Crippen LogP contribution < -0.4 is 10.2 Å². The third kappa shape index (κ3) is 6.24. The average Bonchev–Trinajstić information content (AvgIpc) is 3.04. The molecule has 170 valence electrons. The summed E-state index contributed by atoms with van der Waals surface area (Å²) in [7, 11) is 1.26. The third-order valence-corrected chi connectivity index (χ3v) is 5.29. The lowest BCUT2D eigenvalue weighted by molar-refractivity contribution is -0.144. The molecular weight excluding hydrogens is 414 g/mol. The molecule has 10 nitrogen and oxygen atoms in total. The van der Waals surface area contributed by atoms with Crippen LogP contribution in [-0.4, -0.2) is 77.7 Å². The van der Waals surface area contributed by atoms with Crippen molar-refractivity contribution in [2.75, 3.05) is 50.1 Å². The summed E-state index contributed by atoms with van der Waals surface area (Å²) >= 11 is 0. The monoisotopic (exact) mass is 441 g/mol. The van der Waals surface area contributed by atoms with Crippen LogP contribution in [0.4, 0.5) is 11.6 Å². The minimum absolute atomic E-state index is 0.202. The van der Waals surface area contributed by atoms with Crippen LogP contribution in [0, 0.1) is 5.92 Å². The quantitative estimate of drug-likeness (QED) is 0.586. The van der Waals surface area contributed by atoms with Crippen molar-refractivity contribution < 1.29 is 24.2 Å². The van der Waals surface area contributed by atoms with E-state index in [-0.39, 0.29) is 18.5 Å². The number of hydrogen-bond donors (Lipinski definition) is 2. The van der Waals surface area contributed by atoms with Gasteiger partial charge in [-0.25, -0.2) is 14.8 Å². The summed E-state index contributed by atoms with van der Waals surface area (Å²) in [5.41, 5.74) is 0.507. The van der Waals surface area contributed by atoms with Gasteiger partial charge in [-0.3, -0.25) is 9.59 Å². The Balaban J connectivity index is 1.58. The Morgan fingerprint density at radius 2 is 1.84 bits per heavy atom. The summed E-state index contributed by atoms with van der Waals surface area (Å²) in [4.78, 5) is 49.0. The number of amides is 1. The van der Waals surface area contributed by atoms with E-state index in [0.29, 0.717) is 24.7 Å². The molecule has 1 aromatic heterocycles. The largest absolute Gasteiger partial charge is 0.481 e. The highest BCUT2D eigenvalue weighted by Crippen LogP contribution is 2.18. The maximum absolute atomic E-state index is 12.6. The first-order valence-corrected chi connectivity index (χ1v) is 10.4. The number of carbonyl (C=O) groups is 3. The minimum atomic E-state index is -1.03. The van der Waals surface area contributed by atoms with Gasteiger partial charge < -0.3 is 25.0 Å². The Hall–Kier alpha value is -3.53. The van der Waals surface area contributed by atoms with Crippen molar-refractivity contribution in [3.05, 3.63) is 48.3 Å². The predicted molar refractivity (Wildman–Crippen MR) is 117 cm³/mol. The van der Waals surface area contributed by atoms with Crippen LogP contribution in [-0.2, 0) is 14.3 Å². The normalized spacial score (nSPS) is 15.5. The minimum Gasteiger partial charge on any atom is -0.481 e. The Labute approximate surface area is 186 Å². The van der Waals surface area contributed by atoms with Gasteiger partial charge in [0.05, 0.1) is 24.3 Å². The molecule has 1 aliphatic heterocycles. The zero-order valence-corrected chi connectivity index (χ0v) is 17.9. The highest BCUT2D eigenvalue weighted by molar-refractivity contribution is 6.01. The number of carbonyl (C=O) groups excluding carboxylic acids is 2. The molecule has 0 spiro atoms. The highest BCUT2D eigenvalue weighted by Gasteiger charge is 2.26. The van der Waals surface area contributed by atoms with E-state index in [1.807, 2.05) is 0 Å². The first-order chi connectivity index (χ1) is 15.5. The predicted octanol–water partition coefficient (Wildman–Crippen LogP) is 1.50. The smallest absolute Gasteiger partial charge is 0.339 e. The van der Waals surface area contributed by atoms with Gasteiger partial charge in [0, 0.05) is 45.0 Å². The van der Waals surface area contributed by atoms with Crippen molar-refractivity contribution >= 4 is 29.5 Å². The van der Waals surface area contributed by atoms with E-state index in [4.69, 9.17) is 4.74 Å². The Bertz CT molecular complexity index is 939. The summed E-state index contributed by atoms with van der Waals surface area (Å²) in [5.74, 6) is -2.29. The summed E-state index contributed by atoms with van der Waals surface area (Å²) in [6.07, 6.45) is 4.03. The number of hydrogen-bond acceptors (Lipinski definition) is 8. The molecule has 32 heavy (non-hydrogen) atoms. The van der Waals surface area contributed by atoms with Crippen LogP contribution in [0.2, 0.25) is 0 Å². The summed E-state index contributed by atoms with van der Waals surface area (Å²) in [6, 6.07) is 8.21. The second-order valence-corrected chi connectivity index (χ2v) is 7.51. The number of methoxy groups -OCH3 is 1. The van der Waals surface area contributed by atoms with Gasteiger partial charge in [-0.1, -0.05) is 12.1 Å². The molecule has 0 aliphatic carbocycles. The Kier molecular flexibility index (Phi) is 8.09. The zero-order valence-electron chi connectivity index (χ0n) is 17.9. The fourth-order valence-electron chi connectivity index (χ4n) is 3.65. The molecule has 1 aliphatic rings. The Morgan fingerprint density at radius 1 is 1.09 bits per heavy atom. The molecule has 1 fully saturated rings. The van der Waals surface area contributed by atoms with E-state index in [0.717, 1.165) is 19.5 Å². The molecule has 2 N–H and O–H groups in total. The number of para-hydroxylation sites is 1. The van der Waals surface area contributed by atoms with Crippen molar-refractivity contribution in [1.82, 2.24) is 14.9 Å². The van der Waals surface area contributed by atoms with Gasteiger partial charge in [0.25, 0.3) is 0 Å². The number of nitrogens with one attached hydrogen (secondary N) is 1. The van der Waals surface area contributed by atoms with E-state index >= 15 is 0 Å². The molecule has 3 rings (SSSR count). The van der Waals surface area contributed by atoms with Gasteiger partial charge in [0.15, 0.2) is 0 Å². The summed E-state index contributed by atoms with van der Waals surface area (Å²) in [5, 5.41) is 12.3. The van der Waals surface area contributed by atoms with Crippen LogP contribution in [0.1, 0.15) is 23.2 Å². The number of benzene rings is 1. The molecule has 0 bridgehead atoms. The molecule has 0 unspecified atom stereocenters. The lowest BCUT2D eigenvalue weighted by Crippen LogP contribution is -2.38. The number of carboxylic acid groups (broad SMARTS) is 1. The lowest BCUT2D eigenvalue weighted by Gasteiger charge is -2.24. The third-order valence-electron chi connectivity index (χ3n) is 5.29. The van der Waals surface area contributed by atoms with E-state index in [9.17, 15) is 19.5 Å². The maximum atomic E-state index is 12.6. The van der Waals surface area contributed by atoms with Crippen LogP contribution in [0.25, 0.3) is 0 Å². The molecule has 1 saturated heterocycles. The number of aromatic nitrogens is 2. The van der Waals surface area contributed by atoms with Gasteiger partial charge in [-0.15, -0.1) is 0 Å². The lowest BCUT2D eigenvalue weighted by atomic mass is 10.0. The topological polar surface area (TPSA) is 125 Å². The summed E-state index contributed by atoms with van der Waals surface area (Å²) in [6.45, 7) is 3.08. The average molecular weight is 441 g/mol. The SMILES string of the molecule is COC(=O)c1ccccc1NC(=O)C[C@@H](CN1CCCN(c2ncccn2)CC1)C(=O)O. The number of rotatable bonds is 8. The van der Waals surface area contributed by atoms with E-state index < -0.39 is 23.8 Å². The molecule has 1 atom stereocenters. The maximum Gasteiger partial charge on any atom is 0.339 e. The highest BCUT2D eigenvalue weighted by atomic mass is 16.5. The van der Waals surface area contributed by atoms with Crippen LogP contribution >= 0.6 is 0 Å². The van der Waals surface area contributed by atoms with Crippen molar-refractivity contribution in [2.24, 2.45) is 5.92 Å². The molecule has 1 aromatic carbocycles. The number of aliphatic carboxylic acids is 1. The van der Waals surface area contributed by atoms with Gasteiger partial charge >= 0.3 is 11.9 Å². The molecule has 2 heterocycles. The molecule has 2 aromatic rings. The van der Waals surface area contributed by atoms with Crippen molar-refractivity contribution in [3.63, 3.8) is 0 Å². The number of nitrogens with zero attached hydrogens (tertiary/aromatic N) is 4. The van der Waals surface area contributed by atoms with Crippen molar-refractivity contribution in [2.45, 2.75) is 12.8 Å². The summed E-state index contributed by atoms with van der Waals surface area (Å²) < 4.78 is 4.73. The number of esters is 1. The fraction of sp³-hybridized carbons (Fsp3) is 0.409. The zero-order chi connectivity index (χ0) is 22.9. The van der Waals surface area contributed by atoms with Gasteiger partial charge in [-0.2, -0.15) is 0 Å². The molecule has 0 saturated carbocycles. The van der Waals surface area contributed by atoms with Gasteiger partial charge in [0.2, 0.25) is 11.9 Å². The Morgan fingerprint density at radius 3 is 2.56 bits per heavy atom. The molecule has 0 radical (unpaired) electrons. The van der Waals surface area contributed by atoms with E-state index in [1.165, 1.54) is 13.2 Å². The second kappa shape index (κ2) is 11.2. The number of carboxylic acids is 1. The van der Waals surface area contributed by atoms with Crippen LogP contribution in [0.5, 0.6) is 0 Å². The number of ether oxygens (including phenoxy) is 1. The fourth-order valence-corrected chi connectivity index (χ4v) is 3.65. The van der Waals surface area contributed by atoms with Crippen LogP contribution in [0.15, 0.2) is 42.7 Å². The van der Waals surface area contributed by atoms with Gasteiger partial charge in [0.1, 0.15) is 0 Å². The van der Waals surface area contributed by atoms with Gasteiger partial charge in [-0.05, 0) is 31.2 Å². The molecule has 1 amide bonds.